The highest BCUT2D eigenvalue weighted by Gasteiger charge is 2.36. The third kappa shape index (κ3) is 5.43. The van der Waals surface area contributed by atoms with E-state index < -0.39 is 64.0 Å². The largest absolute Gasteiger partial charge is 0.618 e. The van der Waals surface area contributed by atoms with E-state index in [2.05, 4.69) is 4.98 Å². The predicted molar refractivity (Wildman–Crippen MR) is 115 cm³/mol. The van der Waals surface area contributed by atoms with Gasteiger partial charge in [-0.25, -0.2) is 14.2 Å². The first-order valence-corrected chi connectivity index (χ1v) is 10.2. The van der Waals surface area contributed by atoms with E-state index in [1.807, 2.05) is 0 Å². The third-order valence-corrected chi connectivity index (χ3v) is 4.88. The number of carboxylic acid groups (broad SMARTS) is 1. The van der Waals surface area contributed by atoms with Crippen LogP contribution in [0, 0.1) is 11.0 Å². The molecule has 0 saturated carbocycles. The SMILES string of the molecule is CC(C)N(C(=O)c1ccc(Cl)c[n+]1[O-])c1cc(F)c(Oc2ncccc2C(F)(F)F)cc1C(=O)O. The van der Waals surface area contributed by atoms with Crippen LogP contribution in [0.2, 0.25) is 5.02 Å². The molecule has 3 rings (SSSR count). The van der Waals surface area contributed by atoms with Crippen LogP contribution in [0.25, 0.3) is 0 Å². The van der Waals surface area contributed by atoms with Gasteiger partial charge in [-0.1, -0.05) is 11.6 Å². The molecule has 2 aromatic heterocycles. The zero-order valence-corrected chi connectivity index (χ0v) is 18.8. The van der Waals surface area contributed by atoms with E-state index in [4.69, 9.17) is 16.3 Å². The zero-order chi connectivity index (χ0) is 26.1. The fourth-order valence-corrected chi connectivity index (χ4v) is 3.30. The Labute approximate surface area is 200 Å². The Morgan fingerprint density at radius 1 is 1.23 bits per heavy atom. The van der Waals surface area contributed by atoms with Gasteiger partial charge in [0, 0.05) is 30.4 Å². The van der Waals surface area contributed by atoms with Crippen molar-refractivity contribution in [2.75, 3.05) is 4.90 Å². The first-order valence-electron chi connectivity index (χ1n) is 9.80. The van der Waals surface area contributed by atoms with Gasteiger partial charge in [0.05, 0.1) is 11.3 Å². The monoisotopic (exact) mass is 513 g/mol. The van der Waals surface area contributed by atoms with Crippen molar-refractivity contribution in [3.63, 3.8) is 0 Å². The Bertz CT molecular complexity index is 1300. The highest BCUT2D eigenvalue weighted by Crippen LogP contribution is 2.38. The standard InChI is InChI=1S/C22H16ClF4N3O5/c1-11(2)30(20(31)16-6-5-12(23)10-29(16)34)17-9-15(24)18(8-13(17)21(32)33)35-19-14(22(25,26)27)4-3-7-28-19/h3-11H,1-2H3,(H,32,33). The van der Waals surface area contributed by atoms with Crippen LogP contribution in [0.3, 0.4) is 0 Å². The zero-order valence-electron chi connectivity index (χ0n) is 18.0. The first kappa shape index (κ1) is 25.7. The number of nitrogens with zero attached hydrogens (tertiary/aromatic N) is 3. The number of rotatable bonds is 6. The molecule has 13 heteroatoms. The van der Waals surface area contributed by atoms with Crippen molar-refractivity contribution in [3.8, 4) is 11.6 Å². The molecule has 0 aliphatic carbocycles. The minimum Gasteiger partial charge on any atom is -0.618 e. The number of pyridine rings is 2. The van der Waals surface area contributed by atoms with Crippen molar-refractivity contribution in [2.24, 2.45) is 0 Å². The van der Waals surface area contributed by atoms with E-state index in [0.29, 0.717) is 18.2 Å². The number of carbonyl (C=O) groups excluding carboxylic acids is 1. The summed E-state index contributed by atoms with van der Waals surface area (Å²) >= 11 is 5.73. The summed E-state index contributed by atoms with van der Waals surface area (Å²) in [6, 6.07) is 4.54. The van der Waals surface area contributed by atoms with Gasteiger partial charge >= 0.3 is 18.1 Å². The van der Waals surface area contributed by atoms with Crippen LogP contribution in [-0.2, 0) is 6.18 Å². The normalized spacial score (nSPS) is 11.4. The summed E-state index contributed by atoms with van der Waals surface area (Å²) in [4.78, 5) is 29.4. The number of hydrogen-bond donors (Lipinski definition) is 1. The van der Waals surface area contributed by atoms with Gasteiger partial charge in [-0.05, 0) is 32.0 Å². The highest BCUT2D eigenvalue weighted by molar-refractivity contribution is 6.30. The van der Waals surface area contributed by atoms with E-state index in [1.165, 1.54) is 19.9 Å². The number of benzene rings is 1. The first-order chi connectivity index (χ1) is 16.3. The number of carboxylic acids is 1. The second-order valence-electron chi connectivity index (χ2n) is 7.39. The molecule has 0 bridgehead atoms. The van der Waals surface area contributed by atoms with Gasteiger partial charge in [0.15, 0.2) is 17.8 Å². The molecule has 2 heterocycles. The summed E-state index contributed by atoms with van der Waals surface area (Å²) < 4.78 is 59.9. The van der Waals surface area contributed by atoms with Gasteiger partial charge in [0.25, 0.3) is 5.69 Å². The molecule has 0 radical (unpaired) electrons. The van der Waals surface area contributed by atoms with Gasteiger partial charge in [-0.15, -0.1) is 0 Å². The molecule has 0 aliphatic heterocycles. The minimum atomic E-state index is -4.87. The van der Waals surface area contributed by atoms with Gasteiger partial charge in [0.1, 0.15) is 10.6 Å². The Morgan fingerprint density at radius 2 is 1.91 bits per heavy atom. The molecule has 8 nitrogen and oxygen atoms in total. The molecular formula is C22H16ClF4N3O5. The van der Waals surface area contributed by atoms with Gasteiger partial charge in [-0.3, -0.25) is 9.69 Å². The fourth-order valence-electron chi connectivity index (χ4n) is 3.15. The molecule has 0 fully saturated rings. The number of anilines is 1. The number of alkyl halides is 3. The van der Waals surface area contributed by atoms with Crippen LogP contribution in [0.15, 0.2) is 48.8 Å². The molecule has 0 aliphatic rings. The summed E-state index contributed by atoms with van der Waals surface area (Å²) in [5.41, 5.74) is -2.85. The molecule has 35 heavy (non-hydrogen) atoms. The van der Waals surface area contributed by atoms with Crippen LogP contribution < -0.4 is 14.4 Å². The van der Waals surface area contributed by atoms with Crippen LogP contribution in [-0.4, -0.2) is 28.0 Å². The van der Waals surface area contributed by atoms with Crippen molar-refractivity contribution in [1.29, 1.82) is 0 Å². The summed E-state index contributed by atoms with van der Waals surface area (Å²) in [6.45, 7) is 2.97. The highest BCUT2D eigenvalue weighted by atomic mass is 35.5. The van der Waals surface area contributed by atoms with Crippen molar-refractivity contribution in [3.05, 3.63) is 81.7 Å². The molecule has 3 aromatic rings. The lowest BCUT2D eigenvalue weighted by Gasteiger charge is -2.27. The maximum Gasteiger partial charge on any atom is 0.421 e. The average molecular weight is 514 g/mol. The number of aromatic carboxylic acids is 1. The van der Waals surface area contributed by atoms with Crippen molar-refractivity contribution in [1.82, 2.24) is 4.98 Å². The van der Waals surface area contributed by atoms with Crippen LogP contribution >= 0.6 is 11.6 Å². The summed E-state index contributed by atoms with van der Waals surface area (Å²) in [5.74, 6) is -5.73. The summed E-state index contributed by atoms with van der Waals surface area (Å²) in [5, 5.41) is 21.9. The molecule has 1 N–H and O–H groups in total. The molecule has 184 valence electrons. The Hall–Kier alpha value is -3.93. The summed E-state index contributed by atoms with van der Waals surface area (Å²) in [6.07, 6.45) is -2.98. The second kappa shape index (κ2) is 9.74. The van der Waals surface area contributed by atoms with Gasteiger partial charge in [0.2, 0.25) is 5.88 Å². The lowest BCUT2D eigenvalue weighted by Crippen LogP contribution is -2.45. The smallest absolute Gasteiger partial charge is 0.421 e. The average Bonchev–Trinajstić information content (AvgIpc) is 2.74. The lowest BCUT2D eigenvalue weighted by molar-refractivity contribution is -0.607. The molecular weight excluding hydrogens is 498 g/mol. The topological polar surface area (TPSA) is 107 Å². The molecule has 0 saturated heterocycles. The number of amides is 1. The van der Waals surface area contributed by atoms with Crippen LogP contribution in [0.1, 0.15) is 40.3 Å². The minimum absolute atomic E-state index is 0.0409. The molecule has 1 aromatic carbocycles. The lowest BCUT2D eigenvalue weighted by atomic mass is 10.1. The molecule has 0 spiro atoms. The maximum absolute atomic E-state index is 15.0. The maximum atomic E-state index is 15.0. The molecule has 0 atom stereocenters. The number of ether oxygens (including phenoxy) is 1. The van der Waals surface area contributed by atoms with Crippen molar-refractivity contribution in [2.45, 2.75) is 26.1 Å². The third-order valence-electron chi connectivity index (χ3n) is 4.66. The van der Waals surface area contributed by atoms with Crippen LogP contribution in [0.4, 0.5) is 23.2 Å². The quantitative estimate of drug-likeness (QED) is 0.280. The van der Waals surface area contributed by atoms with Gasteiger partial charge in [-0.2, -0.15) is 17.9 Å². The Kier molecular flexibility index (Phi) is 7.15. The van der Waals surface area contributed by atoms with Gasteiger partial charge < -0.3 is 15.1 Å². The van der Waals surface area contributed by atoms with E-state index in [9.17, 15) is 37.5 Å². The van der Waals surface area contributed by atoms with Crippen LogP contribution in [0.5, 0.6) is 11.6 Å². The Balaban J connectivity index is 2.12. The second-order valence-corrected chi connectivity index (χ2v) is 7.82. The van der Waals surface area contributed by atoms with E-state index in [-0.39, 0.29) is 9.75 Å². The predicted octanol–water partition coefficient (Wildman–Crippen LogP) is 5.07. The molecule has 0 unspecified atom stereocenters. The van der Waals surface area contributed by atoms with Crippen molar-refractivity contribution < 1.29 is 41.7 Å². The number of halogens is 5. The fraction of sp³-hybridized carbons (Fsp3) is 0.182. The Morgan fingerprint density at radius 3 is 2.49 bits per heavy atom. The molecule has 1 amide bonds. The van der Waals surface area contributed by atoms with Crippen molar-refractivity contribution >= 4 is 29.2 Å². The van der Waals surface area contributed by atoms with E-state index in [0.717, 1.165) is 29.4 Å². The van der Waals surface area contributed by atoms with E-state index >= 15 is 0 Å². The van der Waals surface area contributed by atoms with E-state index in [1.54, 1.807) is 0 Å². The number of hydrogen-bond acceptors (Lipinski definition) is 5. The summed E-state index contributed by atoms with van der Waals surface area (Å²) in [7, 11) is 0. The number of carbonyl (C=O) groups is 2. The number of aromatic nitrogens is 2.